The van der Waals surface area contributed by atoms with Gasteiger partial charge >= 0.3 is 6.03 Å². The second-order valence-corrected chi connectivity index (χ2v) is 10.0. The molecule has 0 heterocycles. The summed E-state index contributed by atoms with van der Waals surface area (Å²) in [6, 6.07) is 29.0. The van der Waals surface area contributed by atoms with Gasteiger partial charge in [0.2, 0.25) is 0 Å². The molecule has 1 fully saturated rings. The lowest BCUT2D eigenvalue weighted by molar-refractivity contribution is 0.0470. The van der Waals surface area contributed by atoms with Gasteiger partial charge in [0.05, 0.1) is 6.04 Å². The molecule has 1 aliphatic carbocycles. The molecule has 5 heteroatoms. The monoisotopic (exact) mass is 485 g/mol. The van der Waals surface area contributed by atoms with E-state index < -0.39 is 11.6 Å². The molecule has 5 nitrogen and oxygen atoms in total. The van der Waals surface area contributed by atoms with Gasteiger partial charge in [0.25, 0.3) is 0 Å². The third kappa shape index (κ3) is 6.74. The average molecular weight is 486 g/mol. The molecule has 36 heavy (non-hydrogen) atoms. The Kier molecular flexibility index (Phi) is 9.15. The fourth-order valence-corrected chi connectivity index (χ4v) is 5.31. The van der Waals surface area contributed by atoms with Gasteiger partial charge in [-0.1, -0.05) is 91.0 Å². The summed E-state index contributed by atoms with van der Waals surface area (Å²) in [7, 11) is 0. The number of urea groups is 1. The maximum Gasteiger partial charge on any atom is 0.315 e. The SMILES string of the molecule is CC(NC(=O)NC1CCC(CCNCc2ccccc2)CC1)C(O)(c1ccccc1)c1ccccc1. The van der Waals surface area contributed by atoms with Gasteiger partial charge in [0.15, 0.2) is 0 Å². The molecule has 1 aliphatic rings. The number of rotatable bonds is 10. The van der Waals surface area contributed by atoms with Crippen LogP contribution in [0.1, 0.15) is 55.7 Å². The van der Waals surface area contributed by atoms with E-state index in [1.165, 1.54) is 12.0 Å². The van der Waals surface area contributed by atoms with Crippen molar-refractivity contribution < 1.29 is 9.90 Å². The second kappa shape index (κ2) is 12.7. The highest BCUT2D eigenvalue weighted by molar-refractivity contribution is 5.75. The maximum atomic E-state index is 12.9. The van der Waals surface area contributed by atoms with Crippen LogP contribution >= 0.6 is 0 Å². The van der Waals surface area contributed by atoms with E-state index in [1.807, 2.05) is 73.7 Å². The Morgan fingerprint density at radius 3 is 1.94 bits per heavy atom. The Hall–Kier alpha value is -3.15. The van der Waals surface area contributed by atoms with Gasteiger partial charge in [-0.2, -0.15) is 0 Å². The van der Waals surface area contributed by atoms with E-state index in [9.17, 15) is 9.90 Å². The summed E-state index contributed by atoms with van der Waals surface area (Å²) >= 11 is 0. The van der Waals surface area contributed by atoms with Crippen LogP contribution in [0.5, 0.6) is 0 Å². The summed E-state index contributed by atoms with van der Waals surface area (Å²) in [4.78, 5) is 12.9. The standard InChI is InChI=1S/C31H39N3O2/c1-24(31(36,27-13-7-3-8-14-27)28-15-9-4-10-16-28)33-30(35)34-29-19-17-25(18-20-29)21-22-32-23-26-11-5-2-6-12-26/h2-16,24-25,29,32,36H,17-23H2,1H3,(H2,33,34,35). The molecule has 4 N–H and O–H groups in total. The van der Waals surface area contributed by atoms with Crippen LogP contribution in [0.3, 0.4) is 0 Å². The molecule has 3 aromatic carbocycles. The molecular weight excluding hydrogens is 446 g/mol. The highest BCUT2D eigenvalue weighted by Gasteiger charge is 2.38. The normalized spacial score (nSPS) is 18.8. The first-order chi connectivity index (χ1) is 17.6. The molecule has 0 saturated heterocycles. The molecule has 4 rings (SSSR count). The molecule has 0 aromatic heterocycles. The van der Waals surface area contributed by atoms with E-state index in [2.05, 4.69) is 40.2 Å². The van der Waals surface area contributed by atoms with E-state index in [4.69, 9.17) is 0 Å². The Morgan fingerprint density at radius 2 is 1.39 bits per heavy atom. The lowest BCUT2D eigenvalue weighted by Crippen LogP contribution is -2.54. The summed E-state index contributed by atoms with van der Waals surface area (Å²) < 4.78 is 0. The number of hydrogen-bond donors (Lipinski definition) is 4. The zero-order valence-electron chi connectivity index (χ0n) is 21.2. The van der Waals surface area contributed by atoms with Crippen molar-refractivity contribution in [3.8, 4) is 0 Å². The maximum absolute atomic E-state index is 12.9. The average Bonchev–Trinajstić information content (AvgIpc) is 2.93. The highest BCUT2D eigenvalue weighted by Crippen LogP contribution is 2.33. The van der Waals surface area contributed by atoms with Crippen molar-refractivity contribution in [1.29, 1.82) is 0 Å². The van der Waals surface area contributed by atoms with Gasteiger partial charge in [-0.15, -0.1) is 0 Å². The smallest absolute Gasteiger partial charge is 0.315 e. The van der Waals surface area contributed by atoms with E-state index in [0.717, 1.165) is 49.9 Å². The Bertz CT molecular complexity index is 1010. The molecule has 0 spiro atoms. The molecule has 0 bridgehead atoms. The molecule has 0 aliphatic heterocycles. The first kappa shape index (κ1) is 25.9. The van der Waals surface area contributed by atoms with Crippen LogP contribution in [0.2, 0.25) is 0 Å². The largest absolute Gasteiger partial charge is 0.378 e. The minimum atomic E-state index is -1.33. The van der Waals surface area contributed by atoms with Crippen LogP contribution < -0.4 is 16.0 Å². The van der Waals surface area contributed by atoms with Crippen molar-refractivity contribution in [3.05, 3.63) is 108 Å². The van der Waals surface area contributed by atoms with Crippen molar-refractivity contribution >= 4 is 6.03 Å². The minimum absolute atomic E-state index is 0.173. The number of carbonyl (C=O) groups is 1. The molecule has 190 valence electrons. The van der Waals surface area contributed by atoms with Gasteiger partial charge in [0.1, 0.15) is 5.60 Å². The molecule has 3 aromatic rings. The molecule has 1 unspecified atom stereocenters. The van der Waals surface area contributed by atoms with Crippen molar-refractivity contribution in [2.45, 2.75) is 63.3 Å². The fourth-order valence-electron chi connectivity index (χ4n) is 5.31. The van der Waals surface area contributed by atoms with E-state index in [-0.39, 0.29) is 12.1 Å². The number of aliphatic hydroxyl groups is 1. The molecule has 1 atom stereocenters. The third-order valence-electron chi connectivity index (χ3n) is 7.49. The van der Waals surface area contributed by atoms with Crippen LogP contribution in [0.15, 0.2) is 91.0 Å². The van der Waals surface area contributed by atoms with Crippen LogP contribution in [-0.2, 0) is 12.1 Å². The van der Waals surface area contributed by atoms with Crippen LogP contribution in [-0.4, -0.2) is 29.8 Å². The topological polar surface area (TPSA) is 73.4 Å². The molecule has 0 radical (unpaired) electrons. The number of benzene rings is 3. The molecule has 2 amide bonds. The van der Waals surface area contributed by atoms with E-state index in [0.29, 0.717) is 5.92 Å². The van der Waals surface area contributed by atoms with Gasteiger partial charge < -0.3 is 21.1 Å². The predicted octanol–water partition coefficient (Wildman–Crippen LogP) is 5.35. The van der Waals surface area contributed by atoms with Crippen molar-refractivity contribution in [2.75, 3.05) is 6.54 Å². The number of nitrogens with one attached hydrogen (secondary N) is 3. The molecule has 1 saturated carbocycles. The number of carbonyl (C=O) groups excluding carboxylic acids is 1. The summed E-state index contributed by atoms with van der Waals surface area (Å²) in [5.74, 6) is 0.703. The number of amides is 2. The summed E-state index contributed by atoms with van der Waals surface area (Å²) in [6.07, 6.45) is 5.42. The first-order valence-corrected chi connectivity index (χ1v) is 13.2. The second-order valence-electron chi connectivity index (χ2n) is 10.0. The Morgan fingerprint density at radius 1 is 0.861 bits per heavy atom. The zero-order valence-corrected chi connectivity index (χ0v) is 21.2. The van der Waals surface area contributed by atoms with Crippen LogP contribution in [0.4, 0.5) is 4.79 Å². The van der Waals surface area contributed by atoms with Crippen molar-refractivity contribution in [2.24, 2.45) is 5.92 Å². The van der Waals surface area contributed by atoms with Gasteiger partial charge in [-0.05, 0) is 68.2 Å². The highest BCUT2D eigenvalue weighted by atomic mass is 16.3. The van der Waals surface area contributed by atoms with Gasteiger partial charge in [0, 0.05) is 12.6 Å². The molecular formula is C31H39N3O2. The van der Waals surface area contributed by atoms with Crippen molar-refractivity contribution in [1.82, 2.24) is 16.0 Å². The lowest BCUT2D eigenvalue weighted by atomic mass is 9.81. The van der Waals surface area contributed by atoms with Crippen LogP contribution in [0, 0.1) is 5.92 Å². The number of hydrogen-bond acceptors (Lipinski definition) is 3. The summed E-state index contributed by atoms with van der Waals surface area (Å²) in [6.45, 7) is 3.79. The Labute approximate surface area is 215 Å². The summed E-state index contributed by atoms with van der Waals surface area (Å²) in [5.41, 5.74) is 1.50. The lowest BCUT2D eigenvalue weighted by Gasteiger charge is -2.36. The van der Waals surface area contributed by atoms with Gasteiger partial charge in [-0.25, -0.2) is 4.79 Å². The van der Waals surface area contributed by atoms with E-state index in [1.54, 1.807) is 0 Å². The van der Waals surface area contributed by atoms with Gasteiger partial charge in [-0.3, -0.25) is 0 Å². The fraction of sp³-hybridized carbons (Fsp3) is 0.387. The third-order valence-corrected chi connectivity index (χ3v) is 7.49. The zero-order chi connectivity index (χ0) is 25.2. The van der Waals surface area contributed by atoms with Crippen LogP contribution in [0.25, 0.3) is 0 Å². The summed E-state index contributed by atoms with van der Waals surface area (Å²) in [5, 5.41) is 21.6. The quantitative estimate of drug-likeness (QED) is 0.293. The first-order valence-electron chi connectivity index (χ1n) is 13.2. The minimum Gasteiger partial charge on any atom is -0.378 e. The van der Waals surface area contributed by atoms with Crippen molar-refractivity contribution in [3.63, 3.8) is 0 Å². The van der Waals surface area contributed by atoms with E-state index >= 15 is 0 Å². The Balaban J connectivity index is 1.24. The predicted molar refractivity (Wildman–Crippen MR) is 146 cm³/mol.